The van der Waals surface area contributed by atoms with Crippen LogP contribution in [-0.4, -0.2) is 84.5 Å². The highest BCUT2D eigenvalue weighted by Gasteiger charge is 2.39. The third-order valence-electron chi connectivity index (χ3n) is 6.50. The third kappa shape index (κ3) is 6.40. The van der Waals surface area contributed by atoms with Gasteiger partial charge in [-0.3, -0.25) is 19.3 Å². The maximum absolute atomic E-state index is 13.0. The van der Waals surface area contributed by atoms with Crippen LogP contribution >= 0.6 is 23.2 Å². The summed E-state index contributed by atoms with van der Waals surface area (Å²) in [7, 11) is 0. The highest BCUT2D eigenvalue weighted by molar-refractivity contribution is 6.32. The molecule has 2 aromatic carbocycles. The Bertz CT molecular complexity index is 1140. The molecule has 11 heteroatoms. The molecule has 192 valence electrons. The van der Waals surface area contributed by atoms with Gasteiger partial charge in [-0.25, -0.2) is 0 Å². The average molecular weight is 534 g/mol. The fourth-order valence-corrected chi connectivity index (χ4v) is 5.05. The van der Waals surface area contributed by atoms with Gasteiger partial charge in [0.25, 0.3) is 0 Å². The van der Waals surface area contributed by atoms with Crippen molar-refractivity contribution < 1.29 is 19.5 Å². The van der Waals surface area contributed by atoms with E-state index in [4.69, 9.17) is 23.2 Å². The lowest BCUT2D eigenvalue weighted by Gasteiger charge is -2.36. The Morgan fingerprint density at radius 3 is 2.44 bits per heavy atom. The zero-order chi connectivity index (χ0) is 25.8. The molecule has 0 radical (unpaired) electrons. The number of nitrogens with one attached hydrogen (secondary N) is 2. The minimum absolute atomic E-state index is 0.00584. The number of hydrogen-bond donors (Lipinski definition) is 3. The minimum Gasteiger partial charge on any atom is -0.506 e. The molecule has 0 saturated carbocycles. The van der Waals surface area contributed by atoms with E-state index in [0.29, 0.717) is 50.0 Å². The second-order valence-electron chi connectivity index (χ2n) is 9.11. The standard InChI is InChI=1S/C25H29Cl2N5O4/c1-16(33)28-22-14-30(13-20(22)25(36)29-18-5-6-23(34)21(27)12-18)15-24(35)32-9-7-31(8-10-32)19-4-2-3-17(26)11-19/h2-6,11-12,20,22,34H,7-10,13-15H2,1H3,(H,28,33)(H,29,36)/t20-,22-/m0/s1. The summed E-state index contributed by atoms with van der Waals surface area (Å²) in [6.45, 7) is 4.91. The molecule has 2 aliphatic heterocycles. The SMILES string of the molecule is CC(=O)N[C@H]1CN(CC(=O)N2CCN(c3cccc(Cl)c3)CC2)C[C@@H]1C(=O)Nc1ccc(O)c(Cl)c1. The smallest absolute Gasteiger partial charge is 0.236 e. The van der Waals surface area contributed by atoms with Crippen LogP contribution in [0.25, 0.3) is 0 Å². The summed E-state index contributed by atoms with van der Waals surface area (Å²) in [5, 5.41) is 16.0. The zero-order valence-corrected chi connectivity index (χ0v) is 21.4. The van der Waals surface area contributed by atoms with E-state index in [1.54, 1.807) is 6.07 Å². The fraction of sp³-hybridized carbons (Fsp3) is 0.400. The van der Waals surface area contributed by atoms with Crippen LogP contribution in [0, 0.1) is 5.92 Å². The molecule has 3 N–H and O–H groups in total. The monoisotopic (exact) mass is 533 g/mol. The van der Waals surface area contributed by atoms with Crippen molar-refractivity contribution in [2.24, 2.45) is 5.92 Å². The molecule has 9 nitrogen and oxygen atoms in total. The van der Waals surface area contributed by atoms with E-state index in [-0.39, 0.29) is 35.0 Å². The van der Waals surface area contributed by atoms with Gasteiger partial charge in [-0.1, -0.05) is 29.3 Å². The number of likely N-dealkylation sites (tertiary alicyclic amines) is 1. The molecule has 2 aromatic rings. The number of piperazine rings is 1. The molecule has 2 heterocycles. The van der Waals surface area contributed by atoms with Gasteiger partial charge in [-0.15, -0.1) is 0 Å². The number of hydrogen-bond acceptors (Lipinski definition) is 6. The highest BCUT2D eigenvalue weighted by atomic mass is 35.5. The first-order valence-electron chi connectivity index (χ1n) is 11.8. The molecule has 36 heavy (non-hydrogen) atoms. The maximum Gasteiger partial charge on any atom is 0.236 e. The molecule has 0 bridgehead atoms. The van der Waals surface area contributed by atoms with Gasteiger partial charge >= 0.3 is 0 Å². The summed E-state index contributed by atoms with van der Waals surface area (Å²) in [4.78, 5) is 43.8. The predicted molar refractivity (Wildman–Crippen MR) is 140 cm³/mol. The first kappa shape index (κ1) is 26.1. The number of phenolic OH excluding ortho intramolecular Hbond substituents is 1. The van der Waals surface area contributed by atoms with Crippen molar-refractivity contribution in [3.8, 4) is 5.75 Å². The molecule has 0 aromatic heterocycles. The lowest BCUT2D eigenvalue weighted by Crippen LogP contribution is -2.51. The minimum atomic E-state index is -0.547. The highest BCUT2D eigenvalue weighted by Crippen LogP contribution is 2.27. The van der Waals surface area contributed by atoms with Crippen molar-refractivity contribution in [2.45, 2.75) is 13.0 Å². The van der Waals surface area contributed by atoms with Crippen LogP contribution in [0.5, 0.6) is 5.75 Å². The van der Waals surface area contributed by atoms with Crippen LogP contribution in [0.15, 0.2) is 42.5 Å². The number of carbonyl (C=O) groups is 3. The van der Waals surface area contributed by atoms with E-state index in [1.165, 1.54) is 19.1 Å². The molecule has 0 spiro atoms. The number of carbonyl (C=O) groups excluding carboxylic acids is 3. The van der Waals surface area contributed by atoms with Crippen molar-refractivity contribution in [3.05, 3.63) is 52.5 Å². The van der Waals surface area contributed by atoms with Gasteiger partial charge in [-0.2, -0.15) is 0 Å². The van der Waals surface area contributed by atoms with Gasteiger partial charge in [-0.05, 0) is 36.4 Å². The molecule has 2 saturated heterocycles. The molecule has 2 aliphatic rings. The van der Waals surface area contributed by atoms with Crippen LogP contribution in [0.3, 0.4) is 0 Å². The van der Waals surface area contributed by atoms with Gasteiger partial charge < -0.3 is 25.5 Å². The van der Waals surface area contributed by atoms with Crippen molar-refractivity contribution in [1.82, 2.24) is 15.1 Å². The quantitative estimate of drug-likeness (QED) is 0.492. The van der Waals surface area contributed by atoms with E-state index in [2.05, 4.69) is 15.5 Å². The van der Waals surface area contributed by atoms with Gasteiger partial charge in [0, 0.05) is 62.6 Å². The van der Waals surface area contributed by atoms with E-state index in [0.717, 1.165) is 5.69 Å². The summed E-state index contributed by atoms with van der Waals surface area (Å²) in [6.07, 6.45) is 0. The summed E-state index contributed by atoms with van der Waals surface area (Å²) >= 11 is 12.0. The Morgan fingerprint density at radius 1 is 1.03 bits per heavy atom. The Morgan fingerprint density at radius 2 is 1.78 bits per heavy atom. The predicted octanol–water partition coefficient (Wildman–Crippen LogP) is 2.42. The number of nitrogens with zero attached hydrogens (tertiary/aromatic N) is 3. The lowest BCUT2D eigenvalue weighted by atomic mass is 10.0. The zero-order valence-electron chi connectivity index (χ0n) is 19.9. The Kier molecular flexibility index (Phi) is 8.23. The Labute approximate surface area is 219 Å². The van der Waals surface area contributed by atoms with Crippen molar-refractivity contribution >= 4 is 52.3 Å². The third-order valence-corrected chi connectivity index (χ3v) is 7.04. The van der Waals surface area contributed by atoms with E-state index in [9.17, 15) is 19.5 Å². The van der Waals surface area contributed by atoms with E-state index in [1.807, 2.05) is 34.1 Å². The molecule has 0 unspecified atom stereocenters. The fourth-order valence-electron chi connectivity index (χ4n) is 4.69. The maximum atomic E-state index is 13.0. The van der Waals surface area contributed by atoms with Gasteiger partial charge in [0.2, 0.25) is 17.7 Å². The molecule has 2 fully saturated rings. The number of amides is 3. The summed E-state index contributed by atoms with van der Waals surface area (Å²) in [5.41, 5.74) is 1.48. The van der Waals surface area contributed by atoms with Crippen LogP contribution < -0.4 is 15.5 Å². The van der Waals surface area contributed by atoms with Gasteiger partial charge in [0.1, 0.15) is 5.75 Å². The number of aromatic hydroxyl groups is 1. The number of halogens is 2. The average Bonchev–Trinajstić information content (AvgIpc) is 3.23. The van der Waals surface area contributed by atoms with E-state index >= 15 is 0 Å². The largest absolute Gasteiger partial charge is 0.506 e. The van der Waals surface area contributed by atoms with Crippen molar-refractivity contribution in [2.75, 3.05) is 56.0 Å². The Balaban J connectivity index is 1.34. The molecular formula is C25H29Cl2N5O4. The molecular weight excluding hydrogens is 505 g/mol. The summed E-state index contributed by atoms with van der Waals surface area (Å²) < 4.78 is 0. The van der Waals surface area contributed by atoms with Crippen LogP contribution in [-0.2, 0) is 14.4 Å². The molecule has 3 amide bonds. The van der Waals surface area contributed by atoms with Crippen LogP contribution in [0.1, 0.15) is 6.92 Å². The normalized spacial score (nSPS) is 20.3. The molecule has 4 rings (SSSR count). The van der Waals surface area contributed by atoms with Crippen LogP contribution in [0.4, 0.5) is 11.4 Å². The second kappa shape index (κ2) is 11.4. The first-order valence-corrected chi connectivity index (χ1v) is 12.5. The number of phenols is 1. The second-order valence-corrected chi connectivity index (χ2v) is 9.95. The summed E-state index contributed by atoms with van der Waals surface area (Å²) in [5.74, 6) is -1.16. The summed E-state index contributed by atoms with van der Waals surface area (Å²) in [6, 6.07) is 11.7. The van der Waals surface area contributed by atoms with Gasteiger partial charge in [0.05, 0.1) is 23.5 Å². The van der Waals surface area contributed by atoms with Crippen molar-refractivity contribution in [3.63, 3.8) is 0 Å². The molecule has 2 atom stereocenters. The van der Waals surface area contributed by atoms with E-state index < -0.39 is 12.0 Å². The first-order chi connectivity index (χ1) is 17.2. The number of benzene rings is 2. The number of anilines is 2. The van der Waals surface area contributed by atoms with Gasteiger partial charge in [0.15, 0.2) is 0 Å². The lowest BCUT2D eigenvalue weighted by molar-refractivity contribution is -0.132. The van der Waals surface area contributed by atoms with Crippen LogP contribution in [0.2, 0.25) is 10.0 Å². The molecule has 0 aliphatic carbocycles. The Hall–Kier alpha value is -3.01. The topological polar surface area (TPSA) is 105 Å². The van der Waals surface area contributed by atoms with Crippen molar-refractivity contribution in [1.29, 1.82) is 0 Å². The number of rotatable bonds is 6.